The first kappa shape index (κ1) is 24.4. The van der Waals surface area contributed by atoms with Crippen molar-refractivity contribution in [1.82, 2.24) is 4.57 Å². The van der Waals surface area contributed by atoms with Gasteiger partial charge in [-0.3, -0.25) is 9.36 Å². The Bertz CT molecular complexity index is 1480. The highest BCUT2D eigenvalue weighted by Crippen LogP contribution is 2.31. The molecule has 0 saturated heterocycles. The predicted molar refractivity (Wildman–Crippen MR) is 138 cm³/mol. The van der Waals surface area contributed by atoms with E-state index in [-0.39, 0.29) is 5.56 Å². The van der Waals surface area contributed by atoms with Crippen LogP contribution in [-0.2, 0) is 9.53 Å². The van der Waals surface area contributed by atoms with Crippen molar-refractivity contribution >= 4 is 23.4 Å². The Morgan fingerprint density at radius 2 is 1.91 bits per heavy atom. The number of esters is 1. The van der Waals surface area contributed by atoms with Gasteiger partial charge in [0, 0.05) is 5.56 Å². The van der Waals surface area contributed by atoms with Crippen molar-refractivity contribution in [2.24, 2.45) is 4.99 Å². The van der Waals surface area contributed by atoms with Gasteiger partial charge < -0.3 is 9.47 Å². The van der Waals surface area contributed by atoms with E-state index in [1.165, 1.54) is 24.0 Å². The largest absolute Gasteiger partial charge is 0.489 e. The molecule has 4 rings (SSSR count). The molecule has 0 fully saturated rings. The molecule has 1 aliphatic rings. The van der Waals surface area contributed by atoms with Crippen molar-refractivity contribution in [3.63, 3.8) is 0 Å². The summed E-state index contributed by atoms with van der Waals surface area (Å²) >= 11 is 1.29. The Hall–Kier alpha value is -3.71. The lowest BCUT2D eigenvalue weighted by atomic mass is 9.93. The van der Waals surface area contributed by atoms with Crippen LogP contribution in [0.4, 0.5) is 0 Å². The molecule has 0 unspecified atom stereocenters. The van der Waals surface area contributed by atoms with E-state index in [1.54, 1.807) is 23.6 Å². The topological polar surface area (TPSA) is 69.9 Å². The van der Waals surface area contributed by atoms with E-state index < -0.39 is 12.0 Å². The molecule has 35 heavy (non-hydrogen) atoms. The molecule has 0 saturated carbocycles. The lowest BCUT2D eigenvalue weighted by Gasteiger charge is -2.24. The minimum atomic E-state index is -0.630. The zero-order valence-electron chi connectivity index (χ0n) is 20.3. The molecule has 6 nitrogen and oxygen atoms in total. The summed E-state index contributed by atoms with van der Waals surface area (Å²) in [6.45, 7) is 10.1. The Kier molecular flexibility index (Phi) is 7.17. The third-order valence-corrected chi connectivity index (χ3v) is 6.89. The van der Waals surface area contributed by atoms with Gasteiger partial charge in [0.2, 0.25) is 0 Å². The first-order valence-corrected chi connectivity index (χ1v) is 12.2. The van der Waals surface area contributed by atoms with Crippen molar-refractivity contribution in [2.75, 3.05) is 13.7 Å². The maximum Gasteiger partial charge on any atom is 0.338 e. The highest BCUT2D eigenvalue weighted by molar-refractivity contribution is 7.07. The van der Waals surface area contributed by atoms with Gasteiger partial charge in [0.25, 0.3) is 5.56 Å². The number of allylic oxidation sites excluding steroid dienone is 1. The normalized spacial score (nSPS) is 15.6. The molecular formula is C28H28N2O4S. The fourth-order valence-corrected chi connectivity index (χ4v) is 5.13. The molecule has 2 heterocycles. The second-order valence-corrected chi connectivity index (χ2v) is 9.54. The molecule has 0 aliphatic carbocycles. The number of nitrogens with zero attached hydrogens (tertiary/aromatic N) is 2. The first-order valence-electron chi connectivity index (χ1n) is 11.4. The van der Waals surface area contributed by atoms with Crippen molar-refractivity contribution in [3.05, 3.63) is 109 Å². The quantitative estimate of drug-likeness (QED) is 0.371. The standard InChI is InChI=1S/C28H28N2O4S/c1-6-15-34-22-10-8-7-9-21(22)16-23-26(31)30-25(20-13-11-19(12-14-20)17(2)3)24(27(32)33-5)18(4)29-28(30)35-23/h6-14,16-17,25H,1,15H2,2-5H3/t25-/m0/s1. The Labute approximate surface area is 208 Å². The van der Waals surface area contributed by atoms with E-state index in [1.807, 2.05) is 48.5 Å². The summed E-state index contributed by atoms with van der Waals surface area (Å²) in [5.41, 5.74) is 3.46. The number of methoxy groups -OCH3 is 1. The molecule has 1 aromatic heterocycles. The van der Waals surface area contributed by atoms with Gasteiger partial charge in [0.15, 0.2) is 4.80 Å². The zero-order valence-corrected chi connectivity index (χ0v) is 21.1. The number of fused-ring (bicyclic) bond motifs is 1. The van der Waals surface area contributed by atoms with Gasteiger partial charge in [0.1, 0.15) is 12.4 Å². The van der Waals surface area contributed by atoms with Crippen LogP contribution < -0.4 is 19.6 Å². The van der Waals surface area contributed by atoms with Crippen molar-refractivity contribution in [1.29, 1.82) is 0 Å². The number of hydrogen-bond acceptors (Lipinski definition) is 6. The lowest BCUT2D eigenvalue weighted by molar-refractivity contribution is -0.136. The fourth-order valence-electron chi connectivity index (χ4n) is 4.09. The molecule has 7 heteroatoms. The van der Waals surface area contributed by atoms with Crippen LogP contribution in [-0.4, -0.2) is 24.3 Å². The molecule has 3 aromatic rings. The highest BCUT2D eigenvalue weighted by Gasteiger charge is 2.33. The van der Waals surface area contributed by atoms with E-state index in [4.69, 9.17) is 9.47 Å². The fraction of sp³-hybridized carbons (Fsp3) is 0.250. The maximum absolute atomic E-state index is 13.7. The molecule has 1 aliphatic heterocycles. The molecular weight excluding hydrogens is 460 g/mol. The number of carbonyl (C=O) groups is 1. The van der Waals surface area contributed by atoms with Gasteiger partial charge in [-0.15, -0.1) is 0 Å². The molecule has 0 N–H and O–H groups in total. The summed E-state index contributed by atoms with van der Waals surface area (Å²) in [7, 11) is 1.34. The van der Waals surface area contributed by atoms with Gasteiger partial charge >= 0.3 is 5.97 Å². The Morgan fingerprint density at radius 1 is 1.20 bits per heavy atom. The lowest BCUT2D eigenvalue weighted by Crippen LogP contribution is -2.39. The summed E-state index contributed by atoms with van der Waals surface area (Å²) in [6, 6.07) is 14.9. The summed E-state index contributed by atoms with van der Waals surface area (Å²) in [5, 5.41) is 0. The Balaban J connectivity index is 1.92. The number of hydrogen-bond donors (Lipinski definition) is 0. The van der Waals surface area contributed by atoms with Crippen LogP contribution in [0, 0.1) is 0 Å². The average Bonchev–Trinajstić information content (AvgIpc) is 3.16. The highest BCUT2D eigenvalue weighted by atomic mass is 32.1. The van der Waals surface area contributed by atoms with E-state index in [2.05, 4.69) is 25.4 Å². The number of carbonyl (C=O) groups excluding carboxylic acids is 1. The number of para-hydroxylation sites is 1. The van der Waals surface area contributed by atoms with E-state index >= 15 is 0 Å². The van der Waals surface area contributed by atoms with Crippen molar-refractivity contribution < 1.29 is 14.3 Å². The van der Waals surface area contributed by atoms with Crippen LogP contribution in [0.2, 0.25) is 0 Å². The Morgan fingerprint density at radius 3 is 2.57 bits per heavy atom. The average molecular weight is 489 g/mol. The van der Waals surface area contributed by atoms with Gasteiger partial charge in [-0.2, -0.15) is 0 Å². The molecule has 1 atom stereocenters. The number of ether oxygens (including phenoxy) is 2. The smallest absolute Gasteiger partial charge is 0.338 e. The van der Waals surface area contributed by atoms with E-state index in [0.717, 1.165) is 11.1 Å². The number of benzene rings is 2. The number of aromatic nitrogens is 1. The van der Waals surface area contributed by atoms with E-state index in [0.29, 0.717) is 38.9 Å². The molecule has 180 valence electrons. The van der Waals surface area contributed by atoms with Gasteiger partial charge in [0.05, 0.1) is 29.0 Å². The molecule has 0 radical (unpaired) electrons. The molecule has 0 bridgehead atoms. The third-order valence-electron chi connectivity index (χ3n) is 5.91. The van der Waals surface area contributed by atoms with Gasteiger partial charge in [-0.1, -0.05) is 80.3 Å². The van der Waals surface area contributed by atoms with Crippen LogP contribution in [0.15, 0.2) is 82.2 Å². The van der Waals surface area contributed by atoms with Crippen LogP contribution >= 0.6 is 11.3 Å². The van der Waals surface area contributed by atoms with Crippen LogP contribution in [0.5, 0.6) is 5.75 Å². The molecule has 0 amide bonds. The second-order valence-electron chi connectivity index (χ2n) is 8.53. The van der Waals surface area contributed by atoms with Crippen LogP contribution in [0.1, 0.15) is 49.4 Å². The first-order chi connectivity index (χ1) is 16.8. The van der Waals surface area contributed by atoms with Crippen molar-refractivity contribution in [2.45, 2.75) is 32.7 Å². The van der Waals surface area contributed by atoms with Gasteiger partial charge in [-0.25, -0.2) is 9.79 Å². The summed E-state index contributed by atoms with van der Waals surface area (Å²) in [4.78, 5) is 31.7. The zero-order chi connectivity index (χ0) is 25.1. The summed E-state index contributed by atoms with van der Waals surface area (Å²) in [5.74, 6) is 0.527. The number of thiazole rings is 1. The molecule has 0 spiro atoms. The van der Waals surface area contributed by atoms with Crippen LogP contribution in [0.25, 0.3) is 6.08 Å². The van der Waals surface area contributed by atoms with E-state index in [9.17, 15) is 9.59 Å². The molecule has 2 aromatic carbocycles. The monoisotopic (exact) mass is 488 g/mol. The minimum absolute atomic E-state index is 0.223. The minimum Gasteiger partial charge on any atom is -0.489 e. The summed E-state index contributed by atoms with van der Waals surface area (Å²) in [6.07, 6.45) is 3.48. The maximum atomic E-state index is 13.7. The second kappa shape index (κ2) is 10.3. The van der Waals surface area contributed by atoms with Crippen molar-refractivity contribution in [3.8, 4) is 5.75 Å². The SMILES string of the molecule is C=CCOc1ccccc1C=c1sc2n(c1=O)[C@@H](c1ccc(C(C)C)cc1)C(C(=O)OC)=C(C)N=2. The van der Waals surface area contributed by atoms with Crippen LogP contribution in [0.3, 0.4) is 0 Å². The third kappa shape index (κ3) is 4.77. The predicted octanol–water partition coefficient (Wildman–Crippen LogP) is 4.10. The van der Waals surface area contributed by atoms with Gasteiger partial charge in [-0.05, 0) is 36.1 Å². The number of rotatable bonds is 7. The summed E-state index contributed by atoms with van der Waals surface area (Å²) < 4.78 is 12.9.